The van der Waals surface area contributed by atoms with E-state index in [-0.39, 0.29) is 24.6 Å². The fourth-order valence-electron chi connectivity index (χ4n) is 2.43. The van der Waals surface area contributed by atoms with Crippen molar-refractivity contribution in [1.29, 1.82) is 0 Å². The number of rotatable bonds is 2. The Morgan fingerprint density at radius 3 is 2.32 bits per heavy atom. The average Bonchev–Trinajstić information content (AvgIpc) is 2.38. The van der Waals surface area contributed by atoms with Crippen molar-refractivity contribution < 1.29 is 21.9 Å². The van der Waals surface area contributed by atoms with E-state index in [4.69, 9.17) is 0 Å². The van der Waals surface area contributed by atoms with Crippen molar-refractivity contribution in [2.75, 3.05) is 13.1 Å². The Morgan fingerprint density at radius 2 is 1.79 bits per heavy atom. The molecule has 1 aromatic rings. The molecule has 1 aliphatic heterocycles. The molecule has 19 heavy (non-hydrogen) atoms. The molecule has 1 atom stereocenters. The largest absolute Gasteiger partial charge is 0.760 e. The molecule has 1 fully saturated rings. The zero-order valence-corrected chi connectivity index (χ0v) is 10.8. The Morgan fingerprint density at radius 1 is 1.21 bits per heavy atom. The highest BCUT2D eigenvalue weighted by molar-refractivity contribution is 7.76. The minimum Gasteiger partial charge on any atom is -0.760 e. The van der Waals surface area contributed by atoms with Crippen molar-refractivity contribution in [3.8, 4) is 0 Å². The normalized spacial score (nSPS) is 20.4. The van der Waals surface area contributed by atoms with Crippen LogP contribution in [-0.4, -0.2) is 26.2 Å². The molecule has 0 amide bonds. The van der Waals surface area contributed by atoms with Crippen LogP contribution in [0.1, 0.15) is 29.9 Å². The van der Waals surface area contributed by atoms with Crippen LogP contribution in [0.2, 0.25) is 0 Å². The first kappa shape index (κ1) is 14.5. The van der Waals surface area contributed by atoms with Gasteiger partial charge >= 0.3 is 6.18 Å². The van der Waals surface area contributed by atoms with Crippen LogP contribution >= 0.6 is 0 Å². The SMILES string of the molecule is O=S([O-])N1CCC(c2ccccc2C(F)(F)F)CC1. The van der Waals surface area contributed by atoms with E-state index in [0.29, 0.717) is 12.8 Å². The van der Waals surface area contributed by atoms with E-state index in [1.54, 1.807) is 6.07 Å². The van der Waals surface area contributed by atoms with Crippen LogP contribution in [0.25, 0.3) is 0 Å². The van der Waals surface area contributed by atoms with Gasteiger partial charge in [-0.05, 0) is 30.4 Å². The Kier molecular flexibility index (Phi) is 4.27. The van der Waals surface area contributed by atoms with Crippen LogP contribution in [0.4, 0.5) is 13.2 Å². The number of nitrogens with zero attached hydrogens (tertiary/aromatic N) is 1. The molecule has 1 aromatic carbocycles. The van der Waals surface area contributed by atoms with Gasteiger partial charge in [0, 0.05) is 24.4 Å². The summed E-state index contributed by atoms with van der Waals surface area (Å²) in [5.74, 6) is -0.238. The van der Waals surface area contributed by atoms with E-state index in [1.807, 2.05) is 0 Å². The van der Waals surface area contributed by atoms with E-state index < -0.39 is 23.0 Å². The third-order valence-electron chi connectivity index (χ3n) is 3.37. The van der Waals surface area contributed by atoms with Gasteiger partial charge in [-0.25, -0.2) is 4.31 Å². The molecular formula is C12H13F3NO2S-. The molecule has 7 heteroatoms. The molecule has 0 saturated carbocycles. The molecule has 2 rings (SSSR count). The van der Waals surface area contributed by atoms with E-state index in [1.165, 1.54) is 16.4 Å². The highest BCUT2D eigenvalue weighted by Gasteiger charge is 2.35. The molecule has 0 radical (unpaired) electrons. The number of benzene rings is 1. The van der Waals surface area contributed by atoms with E-state index in [9.17, 15) is 21.9 Å². The summed E-state index contributed by atoms with van der Waals surface area (Å²) in [5, 5.41) is 0. The molecule has 0 bridgehead atoms. The minimum atomic E-state index is -4.37. The lowest BCUT2D eigenvalue weighted by atomic mass is 9.87. The van der Waals surface area contributed by atoms with Crippen LogP contribution in [0, 0.1) is 0 Å². The van der Waals surface area contributed by atoms with Gasteiger partial charge in [0.25, 0.3) is 0 Å². The van der Waals surface area contributed by atoms with Crippen LogP contribution in [0.5, 0.6) is 0 Å². The molecule has 3 nitrogen and oxygen atoms in total. The van der Waals surface area contributed by atoms with Crippen LogP contribution < -0.4 is 0 Å². The number of piperidine rings is 1. The first-order chi connectivity index (χ1) is 8.89. The maximum Gasteiger partial charge on any atom is 0.416 e. The monoisotopic (exact) mass is 292 g/mol. The summed E-state index contributed by atoms with van der Waals surface area (Å²) in [6.45, 7) is 0.542. The zero-order chi connectivity index (χ0) is 14.0. The van der Waals surface area contributed by atoms with Gasteiger partial charge in [0.2, 0.25) is 0 Å². The molecule has 0 spiro atoms. The maximum atomic E-state index is 12.9. The van der Waals surface area contributed by atoms with Gasteiger partial charge in [-0.2, -0.15) is 13.2 Å². The minimum absolute atomic E-state index is 0.238. The summed E-state index contributed by atoms with van der Waals surface area (Å²) in [7, 11) is 0. The van der Waals surface area contributed by atoms with E-state index in [0.717, 1.165) is 6.07 Å². The summed E-state index contributed by atoms with van der Waals surface area (Å²) in [6, 6.07) is 5.52. The number of alkyl halides is 3. The van der Waals surface area contributed by atoms with Gasteiger partial charge in [-0.15, -0.1) is 0 Å². The van der Waals surface area contributed by atoms with Gasteiger partial charge in [0.1, 0.15) is 0 Å². The van der Waals surface area contributed by atoms with Gasteiger partial charge in [-0.3, -0.25) is 4.21 Å². The lowest BCUT2D eigenvalue weighted by Gasteiger charge is -2.33. The Labute approximate surface area is 111 Å². The third-order valence-corrected chi connectivity index (χ3v) is 4.16. The summed E-state index contributed by atoms with van der Waals surface area (Å²) >= 11 is -2.28. The average molecular weight is 292 g/mol. The molecule has 0 N–H and O–H groups in total. The number of hydrogen-bond acceptors (Lipinski definition) is 2. The molecule has 1 saturated heterocycles. The smallest absolute Gasteiger partial charge is 0.416 e. The van der Waals surface area contributed by atoms with Crippen LogP contribution in [-0.2, 0) is 17.4 Å². The predicted octanol–water partition coefficient (Wildman–Crippen LogP) is 2.68. The molecule has 0 aromatic heterocycles. The van der Waals surface area contributed by atoms with E-state index in [2.05, 4.69) is 0 Å². The Balaban J connectivity index is 2.18. The number of halogens is 3. The second kappa shape index (κ2) is 5.60. The van der Waals surface area contributed by atoms with Crippen molar-refractivity contribution >= 4 is 11.3 Å². The first-order valence-corrected chi connectivity index (χ1v) is 6.93. The molecular weight excluding hydrogens is 279 g/mol. The molecule has 0 aliphatic carbocycles. The second-order valence-electron chi connectivity index (χ2n) is 4.51. The molecule has 1 heterocycles. The topological polar surface area (TPSA) is 43.4 Å². The fraction of sp³-hybridized carbons (Fsp3) is 0.500. The van der Waals surface area contributed by atoms with Gasteiger partial charge in [0.05, 0.1) is 5.56 Å². The summed E-state index contributed by atoms with van der Waals surface area (Å²) < 4.78 is 61.5. The summed E-state index contributed by atoms with van der Waals surface area (Å²) in [5.41, 5.74) is -0.344. The van der Waals surface area contributed by atoms with Gasteiger partial charge in [0.15, 0.2) is 0 Å². The van der Waals surface area contributed by atoms with Crippen LogP contribution in [0.3, 0.4) is 0 Å². The third kappa shape index (κ3) is 3.34. The highest BCUT2D eigenvalue weighted by atomic mass is 32.2. The first-order valence-electron chi connectivity index (χ1n) is 5.90. The molecule has 1 aliphatic rings. The van der Waals surface area contributed by atoms with Gasteiger partial charge < -0.3 is 4.55 Å². The summed E-state index contributed by atoms with van der Waals surface area (Å²) in [4.78, 5) is 0. The second-order valence-corrected chi connectivity index (χ2v) is 5.46. The quantitative estimate of drug-likeness (QED) is 0.787. The lowest BCUT2D eigenvalue weighted by Crippen LogP contribution is -2.34. The Hall–Kier alpha value is -0.920. The highest BCUT2D eigenvalue weighted by Crippen LogP contribution is 2.38. The Bertz CT molecular complexity index is 470. The predicted molar refractivity (Wildman–Crippen MR) is 63.9 cm³/mol. The molecule has 106 valence electrons. The van der Waals surface area contributed by atoms with Crippen LogP contribution in [0.15, 0.2) is 24.3 Å². The fourth-order valence-corrected chi connectivity index (χ4v) is 2.94. The zero-order valence-electron chi connectivity index (χ0n) is 10.0. The van der Waals surface area contributed by atoms with Crippen molar-refractivity contribution in [1.82, 2.24) is 4.31 Å². The lowest BCUT2D eigenvalue weighted by molar-refractivity contribution is -0.138. The standard InChI is InChI=1S/C12H14F3NO2S/c13-12(14,15)11-4-2-1-3-10(11)9-5-7-16(8-6-9)19(17)18/h1-4,9H,5-8H2,(H,17,18)/p-1. The van der Waals surface area contributed by atoms with Crippen molar-refractivity contribution in [2.45, 2.75) is 24.9 Å². The van der Waals surface area contributed by atoms with Crippen molar-refractivity contribution in [3.05, 3.63) is 35.4 Å². The van der Waals surface area contributed by atoms with Crippen molar-refractivity contribution in [2.24, 2.45) is 0 Å². The summed E-state index contributed by atoms with van der Waals surface area (Å²) in [6.07, 6.45) is -3.53. The van der Waals surface area contributed by atoms with Crippen molar-refractivity contribution in [3.63, 3.8) is 0 Å². The molecule has 1 unspecified atom stereocenters. The van der Waals surface area contributed by atoms with Gasteiger partial charge in [-0.1, -0.05) is 18.2 Å². The van der Waals surface area contributed by atoms with E-state index >= 15 is 0 Å². The maximum absolute atomic E-state index is 12.9. The number of hydrogen-bond donors (Lipinski definition) is 0.